The van der Waals surface area contributed by atoms with E-state index in [0.717, 1.165) is 18.0 Å². The molecule has 1 aromatic heterocycles. The topological polar surface area (TPSA) is 93.4 Å². The number of carbonyl (C=O) groups is 1. The summed E-state index contributed by atoms with van der Waals surface area (Å²) in [5.74, 6) is -0.0983. The highest BCUT2D eigenvalue weighted by atomic mass is 32.1. The number of nitrogens with one attached hydrogen (secondary N) is 1. The maximum atomic E-state index is 12.0. The van der Waals surface area contributed by atoms with Gasteiger partial charge in [0.25, 0.3) is 0 Å². The fourth-order valence-corrected chi connectivity index (χ4v) is 2.76. The molecule has 1 unspecified atom stereocenters. The first-order chi connectivity index (χ1) is 9.72. The van der Waals surface area contributed by atoms with Gasteiger partial charge < -0.3 is 10.5 Å². The van der Waals surface area contributed by atoms with Crippen molar-refractivity contribution in [1.82, 2.24) is 15.1 Å². The van der Waals surface area contributed by atoms with Crippen molar-refractivity contribution in [2.45, 2.75) is 19.1 Å². The van der Waals surface area contributed by atoms with E-state index in [1.54, 1.807) is 7.11 Å². The van der Waals surface area contributed by atoms with Crippen molar-refractivity contribution < 1.29 is 9.53 Å². The molecule has 2 heterocycles. The normalized spacial score (nSPS) is 19.2. The van der Waals surface area contributed by atoms with Crippen LogP contribution in [0.2, 0.25) is 0 Å². The first-order valence-corrected chi connectivity index (χ1v) is 7.26. The molecule has 0 radical (unpaired) electrons. The minimum atomic E-state index is -0.0983. The molecule has 1 aliphatic heterocycles. The third kappa shape index (κ3) is 4.07. The quantitative estimate of drug-likeness (QED) is 0.729. The van der Waals surface area contributed by atoms with Gasteiger partial charge in [0.2, 0.25) is 11.0 Å². The standard InChI is InChI=1S/C12H19N5O2S/c1-19-8-11-15-16-12(20-11)14-10(18)7-17-5-3-2-4-9(17)6-13/h2,4,9H,3,5-8,13H2,1H3,(H,14,16,18). The van der Waals surface area contributed by atoms with Crippen molar-refractivity contribution in [2.24, 2.45) is 5.73 Å². The number of amides is 1. The number of anilines is 1. The Morgan fingerprint density at radius 3 is 3.25 bits per heavy atom. The number of aromatic nitrogens is 2. The molecule has 20 heavy (non-hydrogen) atoms. The van der Waals surface area contributed by atoms with E-state index in [-0.39, 0.29) is 11.9 Å². The lowest BCUT2D eigenvalue weighted by Gasteiger charge is -2.30. The third-order valence-corrected chi connectivity index (χ3v) is 3.79. The minimum absolute atomic E-state index is 0.0983. The van der Waals surface area contributed by atoms with Crippen LogP contribution in [-0.2, 0) is 16.1 Å². The molecule has 1 amide bonds. The number of hydrogen-bond donors (Lipinski definition) is 2. The highest BCUT2D eigenvalue weighted by molar-refractivity contribution is 7.15. The highest BCUT2D eigenvalue weighted by Crippen LogP contribution is 2.16. The summed E-state index contributed by atoms with van der Waals surface area (Å²) in [6.45, 7) is 2.07. The average Bonchev–Trinajstić information content (AvgIpc) is 2.87. The van der Waals surface area contributed by atoms with Crippen LogP contribution in [0.4, 0.5) is 5.13 Å². The van der Waals surface area contributed by atoms with E-state index < -0.39 is 0 Å². The molecule has 0 fully saturated rings. The lowest BCUT2D eigenvalue weighted by atomic mass is 10.1. The SMILES string of the molecule is COCc1nnc(NC(=O)CN2CCC=CC2CN)s1. The number of hydrogen-bond acceptors (Lipinski definition) is 7. The van der Waals surface area contributed by atoms with Gasteiger partial charge in [0.15, 0.2) is 0 Å². The molecule has 8 heteroatoms. The number of methoxy groups -OCH3 is 1. The van der Waals surface area contributed by atoms with Crippen LogP contribution < -0.4 is 11.1 Å². The third-order valence-electron chi connectivity index (χ3n) is 2.98. The van der Waals surface area contributed by atoms with E-state index in [1.807, 2.05) is 0 Å². The maximum Gasteiger partial charge on any atom is 0.240 e. The van der Waals surface area contributed by atoms with Crippen LogP contribution in [0.25, 0.3) is 0 Å². The van der Waals surface area contributed by atoms with E-state index in [1.165, 1.54) is 11.3 Å². The molecular formula is C12H19N5O2S. The van der Waals surface area contributed by atoms with Crippen molar-refractivity contribution in [3.63, 3.8) is 0 Å². The van der Waals surface area contributed by atoms with Crippen LogP contribution in [0.1, 0.15) is 11.4 Å². The van der Waals surface area contributed by atoms with E-state index in [4.69, 9.17) is 10.5 Å². The predicted octanol–water partition coefficient (Wildman–Crippen LogP) is 0.212. The van der Waals surface area contributed by atoms with Crippen molar-refractivity contribution in [2.75, 3.05) is 32.1 Å². The Hall–Kier alpha value is -1.35. The summed E-state index contributed by atoms with van der Waals surface area (Å²) in [6, 6.07) is 0.132. The molecule has 0 spiro atoms. The van der Waals surface area contributed by atoms with Crippen LogP contribution >= 0.6 is 11.3 Å². The van der Waals surface area contributed by atoms with Gasteiger partial charge in [-0.05, 0) is 6.42 Å². The van der Waals surface area contributed by atoms with Gasteiger partial charge in [0, 0.05) is 26.2 Å². The molecule has 3 N–H and O–H groups in total. The van der Waals surface area contributed by atoms with Gasteiger partial charge in [-0.25, -0.2) is 0 Å². The molecule has 2 rings (SSSR count). The summed E-state index contributed by atoms with van der Waals surface area (Å²) in [5, 5.41) is 11.8. The van der Waals surface area contributed by atoms with Gasteiger partial charge >= 0.3 is 0 Å². The fourth-order valence-electron chi connectivity index (χ4n) is 2.03. The zero-order valence-electron chi connectivity index (χ0n) is 11.4. The van der Waals surface area contributed by atoms with E-state index in [9.17, 15) is 4.79 Å². The minimum Gasteiger partial charge on any atom is -0.377 e. The summed E-state index contributed by atoms with van der Waals surface area (Å²) < 4.78 is 4.96. The number of nitrogens with two attached hydrogens (primary N) is 1. The second-order valence-electron chi connectivity index (χ2n) is 4.47. The van der Waals surface area contributed by atoms with E-state index in [0.29, 0.717) is 24.8 Å². The van der Waals surface area contributed by atoms with Gasteiger partial charge in [0.1, 0.15) is 11.6 Å². The van der Waals surface area contributed by atoms with E-state index >= 15 is 0 Å². The van der Waals surface area contributed by atoms with Gasteiger partial charge in [-0.1, -0.05) is 23.5 Å². The molecule has 110 valence electrons. The Morgan fingerprint density at radius 2 is 2.50 bits per heavy atom. The zero-order chi connectivity index (χ0) is 14.4. The second kappa shape index (κ2) is 7.44. The number of carbonyl (C=O) groups excluding carboxylic acids is 1. The van der Waals surface area contributed by atoms with Crippen LogP contribution in [0.3, 0.4) is 0 Å². The molecule has 1 aliphatic rings. The van der Waals surface area contributed by atoms with Crippen LogP contribution in [-0.4, -0.2) is 53.8 Å². The predicted molar refractivity (Wildman–Crippen MR) is 77.4 cm³/mol. The molecule has 0 saturated carbocycles. The van der Waals surface area contributed by atoms with Crippen molar-refractivity contribution in [3.8, 4) is 0 Å². The Balaban J connectivity index is 1.86. The molecule has 0 saturated heterocycles. The Morgan fingerprint density at radius 1 is 1.65 bits per heavy atom. The number of nitrogens with zero attached hydrogens (tertiary/aromatic N) is 3. The summed E-state index contributed by atoms with van der Waals surface area (Å²) in [5.41, 5.74) is 5.70. The molecule has 7 nitrogen and oxygen atoms in total. The largest absolute Gasteiger partial charge is 0.377 e. The Bertz CT molecular complexity index is 476. The summed E-state index contributed by atoms with van der Waals surface area (Å²) in [7, 11) is 1.59. The molecule has 0 aliphatic carbocycles. The number of ether oxygens (including phenoxy) is 1. The van der Waals surface area contributed by atoms with Gasteiger partial charge in [-0.15, -0.1) is 10.2 Å². The van der Waals surface area contributed by atoms with Crippen molar-refractivity contribution >= 4 is 22.4 Å². The Kier molecular flexibility index (Phi) is 5.60. The molecule has 1 aromatic rings. The second-order valence-corrected chi connectivity index (χ2v) is 5.53. The summed E-state index contributed by atoms with van der Waals surface area (Å²) >= 11 is 1.32. The Labute approximate surface area is 121 Å². The smallest absolute Gasteiger partial charge is 0.240 e. The van der Waals surface area contributed by atoms with Crippen LogP contribution in [0.15, 0.2) is 12.2 Å². The van der Waals surface area contributed by atoms with Gasteiger partial charge in [0.05, 0.1) is 6.54 Å². The number of rotatable bonds is 6. The van der Waals surface area contributed by atoms with Crippen LogP contribution in [0.5, 0.6) is 0 Å². The zero-order valence-corrected chi connectivity index (χ0v) is 12.2. The van der Waals surface area contributed by atoms with Crippen molar-refractivity contribution in [3.05, 3.63) is 17.2 Å². The van der Waals surface area contributed by atoms with Crippen molar-refractivity contribution in [1.29, 1.82) is 0 Å². The molecular weight excluding hydrogens is 278 g/mol. The molecule has 0 aromatic carbocycles. The van der Waals surface area contributed by atoms with Crippen LogP contribution in [0, 0.1) is 0 Å². The van der Waals surface area contributed by atoms with Gasteiger partial charge in [-0.3, -0.25) is 15.0 Å². The summed E-state index contributed by atoms with van der Waals surface area (Å²) in [4.78, 5) is 14.1. The first kappa shape index (κ1) is 15.0. The van der Waals surface area contributed by atoms with E-state index in [2.05, 4.69) is 32.6 Å². The van der Waals surface area contributed by atoms with Gasteiger partial charge in [-0.2, -0.15) is 0 Å². The highest BCUT2D eigenvalue weighted by Gasteiger charge is 2.20. The first-order valence-electron chi connectivity index (χ1n) is 6.45. The monoisotopic (exact) mass is 297 g/mol. The average molecular weight is 297 g/mol. The maximum absolute atomic E-state index is 12.0. The lowest BCUT2D eigenvalue weighted by Crippen LogP contribution is -2.45. The molecule has 0 bridgehead atoms. The molecule has 1 atom stereocenters. The fraction of sp³-hybridized carbons (Fsp3) is 0.583. The lowest BCUT2D eigenvalue weighted by molar-refractivity contribution is -0.117. The summed E-state index contributed by atoms with van der Waals surface area (Å²) in [6.07, 6.45) is 5.10.